The molecule has 2 aromatic heterocycles. The average Bonchev–Trinajstić information content (AvgIpc) is 2.76. The number of ether oxygens (including phenoxy) is 1. The molecule has 3 aliphatic rings. The first-order chi connectivity index (χ1) is 13.3. The lowest BCUT2D eigenvalue weighted by Crippen LogP contribution is -2.65. The van der Waals surface area contributed by atoms with E-state index in [9.17, 15) is 0 Å². The number of fused-ring (bicyclic) bond motifs is 1. The van der Waals surface area contributed by atoms with E-state index in [2.05, 4.69) is 40.2 Å². The first kappa shape index (κ1) is 15.6. The van der Waals surface area contributed by atoms with Crippen molar-refractivity contribution in [1.82, 2.24) is 14.9 Å². The van der Waals surface area contributed by atoms with Gasteiger partial charge in [0.05, 0.1) is 11.6 Å². The molecule has 4 nitrogen and oxygen atoms in total. The van der Waals surface area contributed by atoms with E-state index in [0.29, 0.717) is 17.5 Å². The van der Waals surface area contributed by atoms with Gasteiger partial charge in [0.1, 0.15) is 6.10 Å². The van der Waals surface area contributed by atoms with Gasteiger partial charge in [-0.25, -0.2) is 4.98 Å². The molecule has 27 heavy (non-hydrogen) atoms. The molecule has 1 aromatic carbocycles. The van der Waals surface area contributed by atoms with Crippen molar-refractivity contribution in [1.29, 1.82) is 0 Å². The second-order valence-electron chi connectivity index (χ2n) is 8.25. The number of pyridine rings is 2. The molecule has 2 saturated heterocycles. The van der Waals surface area contributed by atoms with Gasteiger partial charge in [-0.2, -0.15) is 0 Å². The van der Waals surface area contributed by atoms with Gasteiger partial charge < -0.3 is 4.74 Å². The van der Waals surface area contributed by atoms with Crippen molar-refractivity contribution in [2.45, 2.75) is 43.4 Å². The van der Waals surface area contributed by atoms with Gasteiger partial charge >= 0.3 is 0 Å². The maximum absolute atomic E-state index is 6.60. The second-order valence-corrected chi connectivity index (χ2v) is 8.25. The van der Waals surface area contributed by atoms with E-state index >= 15 is 0 Å². The van der Waals surface area contributed by atoms with Crippen LogP contribution < -0.4 is 4.74 Å². The van der Waals surface area contributed by atoms with Crippen molar-refractivity contribution in [3.05, 3.63) is 66.5 Å². The number of para-hydroxylation sites is 1. The second kappa shape index (κ2) is 5.77. The van der Waals surface area contributed by atoms with E-state index in [1.165, 1.54) is 31.4 Å². The quantitative estimate of drug-likeness (QED) is 0.711. The third-order valence-electron chi connectivity index (χ3n) is 7.11. The zero-order valence-corrected chi connectivity index (χ0v) is 15.3. The Labute approximate surface area is 159 Å². The lowest BCUT2D eigenvalue weighted by atomic mass is 9.61. The number of nitrogens with zero attached hydrogens (tertiary/aromatic N) is 3. The summed E-state index contributed by atoms with van der Waals surface area (Å²) in [5.41, 5.74) is 2.71. The van der Waals surface area contributed by atoms with Gasteiger partial charge in [0.25, 0.3) is 0 Å². The van der Waals surface area contributed by atoms with Crippen LogP contribution in [0.3, 0.4) is 0 Å². The number of hydrogen-bond donors (Lipinski definition) is 0. The van der Waals surface area contributed by atoms with Crippen molar-refractivity contribution in [3.8, 4) is 5.88 Å². The number of aromatic nitrogens is 2. The van der Waals surface area contributed by atoms with Crippen LogP contribution in [0.1, 0.15) is 24.8 Å². The van der Waals surface area contributed by atoms with Crippen molar-refractivity contribution >= 4 is 10.9 Å². The van der Waals surface area contributed by atoms with Gasteiger partial charge in [-0.05, 0) is 49.4 Å². The summed E-state index contributed by atoms with van der Waals surface area (Å²) in [5, 5.41) is 1.16. The molecule has 0 N–H and O–H groups in total. The molecule has 3 aromatic rings. The maximum atomic E-state index is 6.60. The minimum atomic E-state index is 0.218. The fraction of sp³-hybridized carbons (Fsp3) is 0.391. The SMILES string of the molecule is c1cncc(CC2C(Oc3ccc4ccccc4n3)C3CCC34CCN24)c1. The lowest BCUT2D eigenvalue weighted by molar-refractivity contribution is -0.0836. The van der Waals surface area contributed by atoms with E-state index in [-0.39, 0.29) is 6.10 Å². The van der Waals surface area contributed by atoms with Crippen LogP contribution in [-0.4, -0.2) is 39.1 Å². The summed E-state index contributed by atoms with van der Waals surface area (Å²) in [5.74, 6) is 1.40. The van der Waals surface area contributed by atoms with Gasteiger partial charge in [-0.1, -0.05) is 24.3 Å². The van der Waals surface area contributed by atoms with Crippen LogP contribution in [0.4, 0.5) is 0 Å². The van der Waals surface area contributed by atoms with Gasteiger partial charge in [0.2, 0.25) is 5.88 Å². The van der Waals surface area contributed by atoms with E-state index in [1.807, 2.05) is 30.6 Å². The van der Waals surface area contributed by atoms with Crippen molar-refractivity contribution in [2.75, 3.05) is 6.54 Å². The average molecular weight is 357 g/mol. The molecule has 4 unspecified atom stereocenters. The Bertz CT molecular complexity index is 987. The van der Waals surface area contributed by atoms with Crippen LogP contribution in [0.2, 0.25) is 0 Å². The summed E-state index contributed by atoms with van der Waals surface area (Å²) >= 11 is 0. The zero-order valence-electron chi connectivity index (χ0n) is 15.3. The first-order valence-electron chi connectivity index (χ1n) is 10.0. The maximum Gasteiger partial charge on any atom is 0.214 e. The van der Waals surface area contributed by atoms with Crippen LogP contribution in [0.15, 0.2) is 60.9 Å². The fourth-order valence-corrected chi connectivity index (χ4v) is 5.65. The van der Waals surface area contributed by atoms with Gasteiger partial charge in [0.15, 0.2) is 0 Å². The van der Waals surface area contributed by atoms with Crippen molar-refractivity contribution in [3.63, 3.8) is 0 Å². The highest BCUT2D eigenvalue weighted by Gasteiger charge is 2.68. The monoisotopic (exact) mass is 357 g/mol. The zero-order chi connectivity index (χ0) is 17.8. The molecule has 0 amide bonds. The highest BCUT2D eigenvalue weighted by atomic mass is 16.5. The third-order valence-corrected chi connectivity index (χ3v) is 7.11. The summed E-state index contributed by atoms with van der Waals surface area (Å²) in [7, 11) is 0. The van der Waals surface area contributed by atoms with E-state index in [4.69, 9.17) is 9.72 Å². The summed E-state index contributed by atoms with van der Waals surface area (Å²) in [6, 6.07) is 17.0. The third kappa shape index (κ3) is 2.26. The van der Waals surface area contributed by atoms with Crippen LogP contribution >= 0.6 is 0 Å². The van der Waals surface area contributed by atoms with Crippen LogP contribution in [-0.2, 0) is 6.42 Å². The summed E-state index contributed by atoms with van der Waals surface area (Å²) < 4.78 is 6.60. The van der Waals surface area contributed by atoms with E-state index in [0.717, 1.165) is 23.2 Å². The molecular weight excluding hydrogens is 334 g/mol. The largest absolute Gasteiger partial charge is 0.472 e. The van der Waals surface area contributed by atoms with Gasteiger partial charge in [0, 0.05) is 41.8 Å². The molecule has 4 heterocycles. The molecule has 0 radical (unpaired) electrons. The smallest absolute Gasteiger partial charge is 0.214 e. The molecule has 1 aliphatic carbocycles. The molecule has 4 atom stereocenters. The first-order valence-corrected chi connectivity index (χ1v) is 10.0. The number of rotatable bonds is 4. The summed E-state index contributed by atoms with van der Waals surface area (Å²) in [6.07, 6.45) is 8.99. The predicted molar refractivity (Wildman–Crippen MR) is 105 cm³/mol. The highest BCUT2D eigenvalue weighted by Crippen LogP contribution is 2.60. The van der Waals surface area contributed by atoms with Crippen LogP contribution in [0.25, 0.3) is 10.9 Å². The Morgan fingerprint density at radius 2 is 2.04 bits per heavy atom. The standard InChI is InChI=1S/C23H23N3O/c1-2-6-19-17(5-1)7-8-21(25-19)27-22-18-9-10-23(18)11-13-26(23)20(22)14-16-4-3-12-24-15-16/h1-8,12,15,18,20,22H,9-11,13-14H2. The Morgan fingerprint density at radius 3 is 2.81 bits per heavy atom. The minimum Gasteiger partial charge on any atom is -0.472 e. The molecule has 0 bridgehead atoms. The van der Waals surface area contributed by atoms with E-state index in [1.54, 1.807) is 0 Å². The van der Waals surface area contributed by atoms with Crippen molar-refractivity contribution in [2.24, 2.45) is 5.92 Å². The molecule has 4 heteroatoms. The number of hydrogen-bond acceptors (Lipinski definition) is 4. The van der Waals surface area contributed by atoms with Crippen LogP contribution in [0, 0.1) is 5.92 Å². The highest BCUT2D eigenvalue weighted by molar-refractivity contribution is 5.78. The van der Waals surface area contributed by atoms with Gasteiger partial charge in [-0.15, -0.1) is 0 Å². The molecule has 1 spiro atoms. The summed E-state index contributed by atoms with van der Waals surface area (Å²) in [6.45, 7) is 1.20. The predicted octanol–water partition coefficient (Wildman–Crippen LogP) is 3.86. The van der Waals surface area contributed by atoms with Crippen molar-refractivity contribution < 1.29 is 4.74 Å². The minimum absolute atomic E-state index is 0.218. The van der Waals surface area contributed by atoms with Crippen LogP contribution in [0.5, 0.6) is 5.88 Å². The molecule has 1 saturated carbocycles. The Balaban J connectivity index is 1.32. The topological polar surface area (TPSA) is 38.3 Å². The lowest BCUT2D eigenvalue weighted by Gasteiger charge is -2.58. The normalized spacial score (nSPS) is 31.6. The molecule has 3 fully saturated rings. The Kier molecular flexibility index (Phi) is 3.33. The fourth-order valence-electron chi connectivity index (χ4n) is 5.65. The molecule has 6 rings (SSSR count). The van der Waals surface area contributed by atoms with Gasteiger partial charge in [-0.3, -0.25) is 9.88 Å². The Hall–Kier alpha value is -2.46. The molecule has 2 aliphatic heterocycles. The van der Waals surface area contributed by atoms with E-state index < -0.39 is 0 Å². The molecule has 136 valence electrons. The molecular formula is C23H23N3O. The number of benzene rings is 1. The summed E-state index contributed by atoms with van der Waals surface area (Å²) in [4.78, 5) is 11.8. The Morgan fingerprint density at radius 1 is 1.07 bits per heavy atom.